The number of aromatic nitrogens is 2. The van der Waals surface area contributed by atoms with Crippen molar-refractivity contribution in [2.45, 2.75) is 0 Å². The molecule has 8 heteroatoms. The zero-order chi connectivity index (χ0) is 18.5. The third-order valence-corrected chi connectivity index (χ3v) is 3.24. The molecule has 0 saturated heterocycles. The smallest absolute Gasteiger partial charge is 0.285 e. The van der Waals surface area contributed by atoms with Gasteiger partial charge in [-0.1, -0.05) is 0 Å². The molecule has 0 spiro atoms. The normalized spacial score (nSPS) is 9.77. The van der Waals surface area contributed by atoms with E-state index in [0.29, 0.717) is 22.9 Å². The Kier molecular flexibility index (Phi) is 4.50. The SMILES string of the molecule is N#Cc1nc(Oc2ccc(N)cc2)c(Oc2ccc(N)cc2)nc1C#N. The van der Waals surface area contributed by atoms with Gasteiger partial charge in [-0.05, 0) is 48.5 Å². The van der Waals surface area contributed by atoms with Crippen molar-refractivity contribution in [1.29, 1.82) is 10.5 Å². The summed E-state index contributed by atoms with van der Waals surface area (Å²) in [6.45, 7) is 0. The van der Waals surface area contributed by atoms with Crippen molar-refractivity contribution >= 4 is 11.4 Å². The lowest BCUT2D eigenvalue weighted by molar-refractivity contribution is 0.390. The van der Waals surface area contributed by atoms with Crippen LogP contribution in [-0.2, 0) is 0 Å². The van der Waals surface area contributed by atoms with Crippen LogP contribution >= 0.6 is 0 Å². The van der Waals surface area contributed by atoms with Crippen LogP contribution in [0.2, 0.25) is 0 Å². The molecule has 0 fully saturated rings. The highest BCUT2D eigenvalue weighted by atomic mass is 16.5. The number of nitrogen functional groups attached to an aromatic ring is 2. The van der Waals surface area contributed by atoms with E-state index in [2.05, 4.69) is 9.97 Å². The second kappa shape index (κ2) is 7.07. The van der Waals surface area contributed by atoms with Gasteiger partial charge in [-0.2, -0.15) is 20.5 Å². The number of anilines is 2. The number of hydrogen-bond acceptors (Lipinski definition) is 8. The van der Waals surface area contributed by atoms with Gasteiger partial charge < -0.3 is 20.9 Å². The highest BCUT2D eigenvalue weighted by Crippen LogP contribution is 2.32. The first-order chi connectivity index (χ1) is 12.6. The molecule has 0 unspecified atom stereocenters. The first kappa shape index (κ1) is 16.6. The molecule has 0 aliphatic carbocycles. The molecular formula is C18H12N6O2. The Balaban J connectivity index is 2.02. The Morgan fingerprint density at radius 1 is 0.654 bits per heavy atom. The number of nitrogens with two attached hydrogens (primary N) is 2. The van der Waals surface area contributed by atoms with Crippen LogP contribution in [0.1, 0.15) is 11.4 Å². The third-order valence-electron chi connectivity index (χ3n) is 3.24. The zero-order valence-corrected chi connectivity index (χ0v) is 13.4. The van der Waals surface area contributed by atoms with Crippen molar-refractivity contribution in [1.82, 2.24) is 9.97 Å². The highest BCUT2D eigenvalue weighted by Gasteiger charge is 2.18. The minimum Gasteiger partial charge on any atom is -0.435 e. The van der Waals surface area contributed by atoms with Crippen LogP contribution < -0.4 is 20.9 Å². The standard InChI is InChI=1S/C18H12N6O2/c19-9-15-16(10-20)24-18(26-14-7-3-12(22)4-8-14)17(23-15)25-13-5-1-11(21)2-6-13/h1-8H,21-22H2. The van der Waals surface area contributed by atoms with Gasteiger partial charge in [0, 0.05) is 11.4 Å². The van der Waals surface area contributed by atoms with Crippen molar-refractivity contribution in [2.75, 3.05) is 11.5 Å². The predicted octanol–water partition coefficient (Wildman–Crippen LogP) is 2.97. The van der Waals surface area contributed by atoms with E-state index in [1.165, 1.54) is 0 Å². The van der Waals surface area contributed by atoms with Crippen molar-refractivity contribution < 1.29 is 9.47 Å². The molecule has 0 radical (unpaired) electrons. The predicted molar refractivity (Wildman–Crippen MR) is 93.3 cm³/mol. The summed E-state index contributed by atoms with van der Waals surface area (Å²) in [7, 11) is 0. The summed E-state index contributed by atoms with van der Waals surface area (Å²) in [4.78, 5) is 8.09. The number of rotatable bonds is 4. The molecule has 8 nitrogen and oxygen atoms in total. The number of benzene rings is 2. The molecule has 0 aliphatic heterocycles. The first-order valence-corrected chi connectivity index (χ1v) is 7.38. The zero-order valence-electron chi connectivity index (χ0n) is 13.4. The van der Waals surface area contributed by atoms with Crippen LogP contribution in [0.5, 0.6) is 23.3 Å². The Morgan fingerprint density at radius 3 is 1.31 bits per heavy atom. The van der Waals surface area contributed by atoms with E-state index in [9.17, 15) is 0 Å². The number of hydrogen-bond donors (Lipinski definition) is 2. The van der Waals surface area contributed by atoms with Gasteiger partial charge in [0.1, 0.15) is 23.6 Å². The molecule has 0 aliphatic rings. The van der Waals surface area contributed by atoms with Gasteiger partial charge in [-0.3, -0.25) is 0 Å². The first-order valence-electron chi connectivity index (χ1n) is 7.38. The Labute approximate surface area is 148 Å². The summed E-state index contributed by atoms with van der Waals surface area (Å²) in [6, 6.07) is 16.8. The van der Waals surface area contributed by atoms with Crippen molar-refractivity contribution in [3.63, 3.8) is 0 Å². The minimum absolute atomic E-state index is 0.0536. The summed E-state index contributed by atoms with van der Waals surface area (Å²) in [6.07, 6.45) is 0. The van der Waals surface area contributed by atoms with Crippen molar-refractivity contribution in [3.05, 3.63) is 59.9 Å². The molecular weight excluding hydrogens is 332 g/mol. The fraction of sp³-hybridized carbons (Fsp3) is 0. The molecule has 3 rings (SSSR count). The molecule has 126 valence electrons. The molecule has 2 aromatic carbocycles. The van der Waals surface area contributed by atoms with Crippen LogP contribution in [0.3, 0.4) is 0 Å². The summed E-state index contributed by atoms with van der Waals surface area (Å²) in [5.74, 6) is 0.734. The maximum atomic E-state index is 9.16. The highest BCUT2D eigenvalue weighted by molar-refractivity contribution is 5.47. The van der Waals surface area contributed by atoms with Crippen LogP contribution in [0, 0.1) is 22.7 Å². The van der Waals surface area contributed by atoms with Gasteiger partial charge in [0.25, 0.3) is 11.8 Å². The molecule has 0 bridgehead atoms. The van der Waals surface area contributed by atoms with Crippen LogP contribution in [0.15, 0.2) is 48.5 Å². The van der Waals surface area contributed by atoms with E-state index in [1.54, 1.807) is 48.5 Å². The lowest BCUT2D eigenvalue weighted by Gasteiger charge is -2.11. The van der Waals surface area contributed by atoms with E-state index in [4.69, 9.17) is 31.5 Å². The number of nitrogens with zero attached hydrogens (tertiary/aromatic N) is 4. The van der Waals surface area contributed by atoms with Gasteiger partial charge in [0.15, 0.2) is 11.4 Å². The average Bonchev–Trinajstić information content (AvgIpc) is 2.66. The third kappa shape index (κ3) is 3.61. The summed E-state index contributed by atoms with van der Waals surface area (Å²) >= 11 is 0. The maximum Gasteiger partial charge on any atom is 0.285 e. The molecule has 3 aromatic rings. The van der Waals surface area contributed by atoms with Gasteiger partial charge in [-0.15, -0.1) is 0 Å². The van der Waals surface area contributed by atoms with Crippen molar-refractivity contribution in [2.24, 2.45) is 0 Å². The van der Waals surface area contributed by atoms with E-state index >= 15 is 0 Å². The second-order valence-corrected chi connectivity index (χ2v) is 5.10. The molecule has 26 heavy (non-hydrogen) atoms. The number of nitriles is 2. The van der Waals surface area contributed by atoms with Gasteiger partial charge in [0.2, 0.25) is 0 Å². The lowest BCUT2D eigenvalue weighted by Crippen LogP contribution is -2.02. The lowest BCUT2D eigenvalue weighted by atomic mass is 10.3. The van der Waals surface area contributed by atoms with Crippen LogP contribution in [0.4, 0.5) is 11.4 Å². The maximum absolute atomic E-state index is 9.16. The molecule has 0 amide bonds. The van der Waals surface area contributed by atoms with E-state index in [-0.39, 0.29) is 23.1 Å². The molecule has 0 saturated carbocycles. The van der Waals surface area contributed by atoms with E-state index in [0.717, 1.165) is 0 Å². The van der Waals surface area contributed by atoms with Gasteiger partial charge in [0.05, 0.1) is 0 Å². The van der Waals surface area contributed by atoms with Gasteiger partial charge in [-0.25, -0.2) is 0 Å². The Bertz CT molecular complexity index is 933. The molecule has 1 heterocycles. The van der Waals surface area contributed by atoms with Gasteiger partial charge >= 0.3 is 0 Å². The van der Waals surface area contributed by atoms with E-state index in [1.807, 2.05) is 12.1 Å². The number of ether oxygens (including phenoxy) is 2. The molecule has 0 atom stereocenters. The van der Waals surface area contributed by atoms with Crippen LogP contribution in [-0.4, -0.2) is 9.97 Å². The summed E-state index contributed by atoms with van der Waals surface area (Å²) < 4.78 is 11.3. The topological polar surface area (TPSA) is 144 Å². The average molecular weight is 344 g/mol. The summed E-state index contributed by atoms with van der Waals surface area (Å²) in [5, 5.41) is 18.3. The van der Waals surface area contributed by atoms with E-state index < -0.39 is 0 Å². The van der Waals surface area contributed by atoms with Crippen LogP contribution in [0.25, 0.3) is 0 Å². The second-order valence-electron chi connectivity index (χ2n) is 5.10. The Hall–Kier alpha value is -4.30. The molecule has 1 aromatic heterocycles. The largest absolute Gasteiger partial charge is 0.435 e. The quantitative estimate of drug-likeness (QED) is 0.687. The minimum atomic E-state index is -0.164. The summed E-state index contributed by atoms with van der Waals surface area (Å²) in [5.41, 5.74) is 12.1. The fourth-order valence-corrected chi connectivity index (χ4v) is 1.99. The Morgan fingerprint density at radius 2 is 1.00 bits per heavy atom. The monoisotopic (exact) mass is 344 g/mol. The molecule has 4 N–H and O–H groups in total. The fourth-order valence-electron chi connectivity index (χ4n) is 1.99. The van der Waals surface area contributed by atoms with Crippen molar-refractivity contribution in [3.8, 4) is 35.4 Å².